The first-order valence-electron chi connectivity index (χ1n) is 16.2. The van der Waals surface area contributed by atoms with Crippen LogP contribution in [0.1, 0.15) is 95.9 Å². The minimum Gasteiger partial charge on any atom is -0.456 e. The Labute approximate surface area is 269 Å². The lowest BCUT2D eigenvalue weighted by Gasteiger charge is -2.28. The Morgan fingerprint density at radius 1 is 0.289 bits per heavy atom. The Morgan fingerprint density at radius 3 is 0.733 bits per heavy atom. The van der Waals surface area contributed by atoms with Crippen LogP contribution in [0.2, 0.25) is 0 Å². The van der Waals surface area contributed by atoms with Gasteiger partial charge in [0, 0.05) is 45.9 Å². The first-order valence-corrected chi connectivity index (χ1v) is 16.2. The van der Waals surface area contributed by atoms with Crippen LogP contribution in [0, 0.1) is 0 Å². The van der Waals surface area contributed by atoms with Crippen molar-refractivity contribution in [3.8, 4) is 11.5 Å². The third-order valence-corrected chi connectivity index (χ3v) is 9.42. The molecule has 0 aliphatic carbocycles. The molecule has 0 radical (unpaired) electrons. The van der Waals surface area contributed by atoms with E-state index in [0.717, 1.165) is 11.5 Å². The lowest BCUT2D eigenvalue weighted by Crippen LogP contribution is -2.09. The Hall–Kier alpha value is -4.88. The van der Waals surface area contributed by atoms with E-state index in [1.165, 1.54) is 44.5 Å². The number of benzene rings is 6. The summed E-state index contributed by atoms with van der Waals surface area (Å²) in [6.45, 7) is 9.17. The van der Waals surface area contributed by atoms with Crippen molar-refractivity contribution in [3.63, 3.8) is 0 Å². The van der Waals surface area contributed by atoms with Crippen LogP contribution in [0.5, 0.6) is 11.5 Å². The third kappa shape index (κ3) is 6.49. The second-order valence-electron chi connectivity index (χ2n) is 12.2. The molecule has 1 heteroatoms. The summed E-state index contributed by atoms with van der Waals surface area (Å²) in [5.41, 5.74) is 9.88. The van der Waals surface area contributed by atoms with Crippen LogP contribution in [0.15, 0.2) is 158 Å². The zero-order valence-electron chi connectivity index (χ0n) is 26.7. The molecule has 0 aliphatic heterocycles. The molecule has 6 aromatic carbocycles. The Bertz CT molecular complexity index is 1550. The molecule has 224 valence electrons. The van der Waals surface area contributed by atoms with Gasteiger partial charge in [-0.15, -0.1) is 0 Å². The normalized spacial score (nSPS) is 13.9. The van der Waals surface area contributed by atoms with Crippen molar-refractivity contribution in [2.75, 3.05) is 0 Å². The van der Waals surface area contributed by atoms with Crippen LogP contribution in [0.25, 0.3) is 0 Å². The average Bonchev–Trinajstić information content (AvgIpc) is 3.12. The molecule has 4 atom stereocenters. The van der Waals surface area contributed by atoms with Gasteiger partial charge in [-0.05, 0) is 22.3 Å². The minimum absolute atomic E-state index is 0.151. The second-order valence-corrected chi connectivity index (χ2v) is 12.2. The predicted molar refractivity (Wildman–Crippen MR) is 189 cm³/mol. The van der Waals surface area contributed by atoms with Crippen LogP contribution in [-0.2, 0) is 0 Å². The second kappa shape index (κ2) is 13.8. The maximum absolute atomic E-state index is 7.47. The maximum Gasteiger partial charge on any atom is 0.135 e. The summed E-state index contributed by atoms with van der Waals surface area (Å²) < 4.78 is 7.47. The smallest absolute Gasteiger partial charge is 0.135 e. The molecule has 0 saturated heterocycles. The van der Waals surface area contributed by atoms with Gasteiger partial charge < -0.3 is 4.74 Å². The van der Waals surface area contributed by atoms with Gasteiger partial charge in [0.25, 0.3) is 0 Å². The first kappa shape index (κ1) is 30.2. The molecule has 0 saturated carbocycles. The van der Waals surface area contributed by atoms with Crippen LogP contribution in [-0.4, -0.2) is 0 Å². The summed E-state index contributed by atoms with van der Waals surface area (Å²) in [6.07, 6.45) is 0. The molecule has 0 unspecified atom stereocenters. The van der Waals surface area contributed by atoms with E-state index in [1.54, 1.807) is 0 Å². The van der Waals surface area contributed by atoms with E-state index in [2.05, 4.69) is 185 Å². The molecule has 0 N–H and O–H groups in total. The zero-order valence-corrected chi connectivity index (χ0v) is 26.7. The lowest BCUT2D eigenvalue weighted by molar-refractivity contribution is 0.451. The van der Waals surface area contributed by atoms with Crippen molar-refractivity contribution < 1.29 is 4.74 Å². The summed E-state index contributed by atoms with van der Waals surface area (Å²) in [5, 5.41) is 0. The highest BCUT2D eigenvalue weighted by atomic mass is 16.5. The Balaban J connectivity index is 1.56. The van der Waals surface area contributed by atoms with Gasteiger partial charge in [-0.3, -0.25) is 0 Å². The van der Waals surface area contributed by atoms with Crippen LogP contribution < -0.4 is 4.74 Å². The number of hydrogen-bond acceptors (Lipinski definition) is 1. The van der Waals surface area contributed by atoms with Crippen molar-refractivity contribution in [2.45, 2.75) is 51.4 Å². The number of ether oxygens (including phenoxy) is 1. The van der Waals surface area contributed by atoms with Crippen molar-refractivity contribution in [1.29, 1.82) is 0 Å². The highest BCUT2D eigenvalue weighted by Crippen LogP contribution is 2.46. The molecule has 6 rings (SSSR count). The lowest BCUT2D eigenvalue weighted by atomic mass is 9.85. The van der Waals surface area contributed by atoms with Gasteiger partial charge in [0.2, 0.25) is 0 Å². The van der Waals surface area contributed by atoms with E-state index in [0.29, 0.717) is 0 Å². The highest BCUT2D eigenvalue weighted by Gasteiger charge is 2.26. The van der Waals surface area contributed by atoms with E-state index < -0.39 is 0 Å². The molecule has 0 spiro atoms. The standard InChI is InChI=1S/C44H42O/c1-31(35-19-9-5-10-20-35)39-27-17-28-40(32(2)36-21-11-6-12-22-36)43(39)45-44-41(33(3)37-23-13-7-14-24-37)29-18-30-42(44)34(4)38-25-15-8-16-26-38/h5-34H,1-4H3/t31-,32-,33-,34-/m0/s1. The molecule has 1 nitrogen and oxygen atoms in total. The molecule has 0 amide bonds. The average molecular weight is 587 g/mol. The largest absolute Gasteiger partial charge is 0.456 e. The van der Waals surface area contributed by atoms with Gasteiger partial charge in [-0.2, -0.15) is 0 Å². The molecule has 0 aromatic heterocycles. The fourth-order valence-corrected chi connectivity index (χ4v) is 6.53. The monoisotopic (exact) mass is 586 g/mol. The fraction of sp³-hybridized carbons (Fsp3) is 0.182. The van der Waals surface area contributed by atoms with E-state index in [-0.39, 0.29) is 23.7 Å². The number of hydrogen-bond donors (Lipinski definition) is 0. The van der Waals surface area contributed by atoms with Crippen molar-refractivity contribution >= 4 is 0 Å². The molecule has 0 heterocycles. The van der Waals surface area contributed by atoms with E-state index in [4.69, 9.17) is 4.74 Å². The van der Waals surface area contributed by atoms with Gasteiger partial charge in [-0.1, -0.05) is 185 Å². The van der Waals surface area contributed by atoms with Crippen LogP contribution in [0.4, 0.5) is 0 Å². The molecular weight excluding hydrogens is 544 g/mol. The van der Waals surface area contributed by atoms with Crippen molar-refractivity contribution in [1.82, 2.24) is 0 Å². The van der Waals surface area contributed by atoms with Gasteiger partial charge in [0.15, 0.2) is 0 Å². The van der Waals surface area contributed by atoms with Crippen LogP contribution >= 0.6 is 0 Å². The summed E-state index contributed by atoms with van der Waals surface area (Å²) in [4.78, 5) is 0. The summed E-state index contributed by atoms with van der Waals surface area (Å²) in [6, 6.07) is 56.5. The molecule has 0 bridgehead atoms. The maximum atomic E-state index is 7.47. The van der Waals surface area contributed by atoms with Gasteiger partial charge in [-0.25, -0.2) is 0 Å². The van der Waals surface area contributed by atoms with E-state index in [1.807, 2.05) is 0 Å². The van der Waals surface area contributed by atoms with Gasteiger partial charge >= 0.3 is 0 Å². The Kier molecular flexibility index (Phi) is 9.27. The van der Waals surface area contributed by atoms with Gasteiger partial charge in [0.1, 0.15) is 11.5 Å². The van der Waals surface area contributed by atoms with Crippen molar-refractivity contribution in [3.05, 3.63) is 202 Å². The SMILES string of the molecule is C[C@@H](c1ccccc1)c1cccc([C@@H](C)c2ccccc2)c1Oc1c([C@@H](C)c2ccccc2)cccc1[C@@H](C)c1ccccc1. The van der Waals surface area contributed by atoms with E-state index >= 15 is 0 Å². The quantitative estimate of drug-likeness (QED) is 0.155. The molecule has 0 aliphatic rings. The third-order valence-electron chi connectivity index (χ3n) is 9.42. The van der Waals surface area contributed by atoms with E-state index in [9.17, 15) is 0 Å². The first-order chi connectivity index (χ1) is 22.0. The minimum atomic E-state index is 0.151. The predicted octanol–water partition coefficient (Wildman–Crippen LogP) is 12.1. The summed E-state index contributed by atoms with van der Waals surface area (Å²) in [5.74, 6) is 2.52. The topological polar surface area (TPSA) is 9.23 Å². The van der Waals surface area contributed by atoms with Gasteiger partial charge in [0.05, 0.1) is 0 Å². The Morgan fingerprint density at radius 2 is 0.511 bits per heavy atom. The molecule has 0 fully saturated rings. The molecular formula is C44H42O. The number of rotatable bonds is 10. The summed E-state index contributed by atoms with van der Waals surface area (Å²) in [7, 11) is 0. The number of para-hydroxylation sites is 2. The van der Waals surface area contributed by atoms with Crippen LogP contribution in [0.3, 0.4) is 0 Å². The summed E-state index contributed by atoms with van der Waals surface area (Å²) >= 11 is 0. The zero-order chi connectivity index (χ0) is 31.2. The molecule has 45 heavy (non-hydrogen) atoms. The highest BCUT2D eigenvalue weighted by molar-refractivity contribution is 5.57. The van der Waals surface area contributed by atoms with Crippen molar-refractivity contribution in [2.24, 2.45) is 0 Å². The molecule has 6 aromatic rings. The fourth-order valence-electron chi connectivity index (χ4n) is 6.53.